The topological polar surface area (TPSA) is 346 Å². The molecule has 0 saturated heterocycles. The van der Waals surface area contributed by atoms with Gasteiger partial charge in [0, 0.05) is 108 Å². The monoisotopic (exact) mass is 2040 g/mol. The first-order valence-electron chi connectivity index (χ1n) is 51.1. The Bertz CT molecular complexity index is 4800. The minimum absolute atomic E-state index is 0.00804. The number of hydrogen-bond acceptors (Lipinski definition) is 23. The first kappa shape index (κ1) is 131. The Kier molecular flexibility index (Phi) is 64.3. The van der Waals surface area contributed by atoms with Gasteiger partial charge in [-0.1, -0.05) is 216 Å². The molecule has 0 saturated carbocycles. The molecule has 4 aromatic carbocycles. The van der Waals surface area contributed by atoms with E-state index in [1.807, 2.05) is 24.3 Å². The Morgan fingerprint density at radius 2 is 0.403 bits per heavy atom. The Labute approximate surface area is 884 Å². The number of allylic oxidation sites excluding steroid dienone is 13. The molecule has 149 heavy (non-hydrogen) atoms. The van der Waals surface area contributed by atoms with E-state index in [0.29, 0.717) is 219 Å². The molecule has 1 aliphatic rings. The van der Waals surface area contributed by atoms with E-state index in [1.165, 1.54) is 101 Å². The Morgan fingerprint density at radius 1 is 0.221 bits per heavy atom. The SMILES string of the molecule is C=CC(=O)CCCC(CC)(CCCC(=O)C=C)COCC(CCCC(=O)C=C)(CCCC(=O)C=C)CCCC(=O)C=C.C=CC(=O)CCCC(CCCC(=O)C=C)(CCCC(=O)C=C)COCC(CCCC(=O)C=C)(CCCC(=O)C=C)CCCC(=O)C=C.C=CC(=O)Cc1ccc(C2(c3ccc(CC(=O)C=C)cc3)c3ccccc3-c3ccccc32)cc1.C=CC(=O)OCC(COC(=O)C=C)(COC(=O)C=C)COC(=O)C=C. The molecule has 0 aliphatic heterocycles. The van der Waals surface area contributed by atoms with Crippen LogP contribution in [0.3, 0.4) is 0 Å². The van der Waals surface area contributed by atoms with Gasteiger partial charge in [0.15, 0.2) is 75.2 Å². The first-order chi connectivity index (χ1) is 71.4. The summed E-state index contributed by atoms with van der Waals surface area (Å²) in [6.45, 7) is 61.8. The quantitative estimate of drug-likeness (QED) is 0.0198. The summed E-state index contributed by atoms with van der Waals surface area (Å²) < 4.78 is 33.0. The van der Waals surface area contributed by atoms with Gasteiger partial charge >= 0.3 is 23.9 Å². The second kappa shape index (κ2) is 73.1. The second-order valence-corrected chi connectivity index (χ2v) is 37.8. The normalized spacial score (nSPS) is 11.4. The maximum atomic E-state index is 12.1. The molecule has 0 unspecified atom stereocenters. The smallest absolute Gasteiger partial charge is 0.330 e. The van der Waals surface area contributed by atoms with Crippen LogP contribution in [0.4, 0.5) is 0 Å². The molecule has 23 nitrogen and oxygen atoms in total. The zero-order valence-electron chi connectivity index (χ0n) is 88.1. The number of rotatable bonds is 84. The zero-order chi connectivity index (χ0) is 111. The Balaban J connectivity index is 0.000000685. The lowest BCUT2D eigenvalue weighted by Crippen LogP contribution is -2.43. The van der Waals surface area contributed by atoms with Crippen LogP contribution in [0, 0.1) is 27.1 Å². The van der Waals surface area contributed by atoms with Crippen molar-refractivity contribution in [1.82, 2.24) is 0 Å². The van der Waals surface area contributed by atoms with E-state index in [2.05, 4.69) is 192 Å². The zero-order valence-corrected chi connectivity index (χ0v) is 88.1. The van der Waals surface area contributed by atoms with Gasteiger partial charge in [0.05, 0.1) is 31.8 Å². The largest absolute Gasteiger partial charge is 0.462 e. The molecular formula is C126H158O23. The summed E-state index contributed by atoms with van der Waals surface area (Å²) >= 11 is 0. The van der Waals surface area contributed by atoms with Crippen molar-refractivity contribution in [2.45, 2.75) is 243 Å². The molecule has 0 heterocycles. The van der Waals surface area contributed by atoms with Crippen molar-refractivity contribution in [2.75, 3.05) is 52.9 Å². The lowest BCUT2D eigenvalue weighted by Gasteiger charge is -2.38. The van der Waals surface area contributed by atoms with Crippen LogP contribution in [-0.4, -0.2) is 152 Å². The van der Waals surface area contributed by atoms with Crippen molar-refractivity contribution in [3.8, 4) is 11.1 Å². The summed E-state index contributed by atoms with van der Waals surface area (Å²) in [5.41, 5.74) is 5.95. The van der Waals surface area contributed by atoms with Gasteiger partial charge in [-0.25, -0.2) is 19.2 Å². The predicted molar refractivity (Wildman–Crippen MR) is 590 cm³/mol. The highest BCUT2D eigenvalue weighted by atomic mass is 16.6. The summed E-state index contributed by atoms with van der Waals surface area (Å²) in [6, 6.07) is 33.9. The van der Waals surface area contributed by atoms with Crippen LogP contribution >= 0.6 is 0 Å². The van der Waals surface area contributed by atoms with Crippen LogP contribution in [0.25, 0.3) is 11.1 Å². The molecule has 0 bridgehead atoms. The number of carbonyl (C=O) groups is 17. The number of ether oxygens (including phenoxy) is 6. The summed E-state index contributed by atoms with van der Waals surface area (Å²) in [4.78, 5) is 201. The average Bonchev–Trinajstić information content (AvgIpc) is 1.54. The van der Waals surface area contributed by atoms with Crippen molar-refractivity contribution in [2.24, 2.45) is 27.1 Å². The minimum Gasteiger partial charge on any atom is -0.462 e. The van der Waals surface area contributed by atoms with Gasteiger partial charge in [-0.05, 0) is 293 Å². The van der Waals surface area contributed by atoms with Crippen LogP contribution in [0.1, 0.15) is 259 Å². The highest BCUT2D eigenvalue weighted by molar-refractivity contribution is 5.95. The Morgan fingerprint density at radius 3 is 0.584 bits per heavy atom. The summed E-state index contributed by atoms with van der Waals surface area (Å²) in [5.74, 6) is -3.29. The molecule has 0 amide bonds. The molecule has 5 rings (SSSR count). The lowest BCUT2D eigenvalue weighted by molar-refractivity contribution is -0.164. The molecule has 0 radical (unpaired) electrons. The number of fused-ring (bicyclic) bond motifs is 3. The third kappa shape index (κ3) is 49.1. The summed E-state index contributed by atoms with van der Waals surface area (Å²) in [6.07, 6.45) is 41.5. The second-order valence-electron chi connectivity index (χ2n) is 37.8. The van der Waals surface area contributed by atoms with E-state index in [4.69, 9.17) is 28.4 Å². The van der Waals surface area contributed by atoms with Crippen LogP contribution < -0.4 is 0 Å². The minimum atomic E-state index is -1.34. The highest BCUT2D eigenvalue weighted by Crippen LogP contribution is 2.56. The fourth-order valence-corrected chi connectivity index (χ4v) is 18.3. The van der Waals surface area contributed by atoms with Gasteiger partial charge in [-0.15, -0.1) is 0 Å². The third-order valence-corrected chi connectivity index (χ3v) is 27.0. The van der Waals surface area contributed by atoms with E-state index in [9.17, 15) is 81.5 Å². The van der Waals surface area contributed by atoms with Gasteiger partial charge in [0.25, 0.3) is 0 Å². The van der Waals surface area contributed by atoms with Gasteiger partial charge in [0.2, 0.25) is 0 Å². The van der Waals surface area contributed by atoms with Crippen molar-refractivity contribution < 1.29 is 110 Å². The number of carbonyl (C=O) groups excluding carboxylic acids is 17. The molecule has 0 N–H and O–H groups in total. The number of esters is 4. The van der Waals surface area contributed by atoms with E-state index in [-0.39, 0.29) is 112 Å². The van der Waals surface area contributed by atoms with Crippen molar-refractivity contribution in [3.05, 3.63) is 346 Å². The average molecular weight is 2040 g/mol. The Hall–Kier alpha value is -14.0. The van der Waals surface area contributed by atoms with Gasteiger partial charge in [-0.3, -0.25) is 62.3 Å². The lowest BCUT2D eigenvalue weighted by atomic mass is 9.67. The molecule has 0 spiro atoms. The molecule has 1 aliphatic carbocycles. The van der Waals surface area contributed by atoms with Crippen LogP contribution in [0.5, 0.6) is 0 Å². The molecule has 0 atom stereocenters. The van der Waals surface area contributed by atoms with Gasteiger partial charge in [-0.2, -0.15) is 0 Å². The number of benzene rings is 4. The van der Waals surface area contributed by atoms with Crippen molar-refractivity contribution in [3.63, 3.8) is 0 Å². The molecule has 0 fully saturated rings. The van der Waals surface area contributed by atoms with Crippen LogP contribution in [0.2, 0.25) is 0 Å². The summed E-state index contributed by atoms with van der Waals surface area (Å²) in [7, 11) is 0. The van der Waals surface area contributed by atoms with Crippen molar-refractivity contribution in [1.29, 1.82) is 0 Å². The van der Waals surface area contributed by atoms with Crippen molar-refractivity contribution >= 4 is 99.1 Å². The fraction of sp³-hybridized carbons (Fsp3) is 0.405. The van der Waals surface area contributed by atoms with E-state index >= 15 is 0 Å². The van der Waals surface area contributed by atoms with E-state index in [0.717, 1.165) is 85.1 Å². The van der Waals surface area contributed by atoms with Gasteiger partial charge in [0.1, 0.15) is 31.8 Å². The van der Waals surface area contributed by atoms with Gasteiger partial charge < -0.3 is 28.4 Å². The molecular weight excluding hydrogens is 1880 g/mol. The van der Waals surface area contributed by atoms with Crippen LogP contribution in [0.15, 0.2) is 312 Å². The predicted octanol–water partition coefficient (Wildman–Crippen LogP) is 24.1. The van der Waals surface area contributed by atoms with Crippen LogP contribution in [-0.2, 0) is 128 Å². The fourth-order valence-electron chi connectivity index (χ4n) is 18.3. The molecule has 4 aromatic rings. The highest BCUT2D eigenvalue weighted by Gasteiger charge is 2.47. The molecule has 0 aromatic heterocycles. The summed E-state index contributed by atoms with van der Waals surface area (Å²) in [5, 5.41) is 0. The maximum absolute atomic E-state index is 12.1. The maximum Gasteiger partial charge on any atom is 0.330 e. The molecule has 800 valence electrons. The third-order valence-electron chi connectivity index (χ3n) is 27.0. The number of hydrogen-bond donors (Lipinski definition) is 0. The first-order valence-corrected chi connectivity index (χ1v) is 51.1. The van der Waals surface area contributed by atoms with E-state index < -0.39 is 45.5 Å². The molecule has 23 heteroatoms. The standard InChI is InChI=1S/C40H58O7.C36H54O6.C33H26O2.C17H20O8/c1-7-33(41)19-13-25-39(26-14-20-34(42)8-2,27-15-21-35(43)9-3)31-47-32-40(28-16-22-36(44)10-4,29-17-23-37(45)11-5)30-18-24-38(46)12-6;1-7-30(37)18-13-23-35(12-6,24-14-19-31(38)8-2)28-42-29-36(25-15-20-32(39)9-3,26-16-21-33(40)10-4)27-17-22-34(41)11-5;1-3-27(34)21-23-13-17-25(18-14-23)33(26-19-15-24(16-20-26)22-28(35)4-2)31-11-7-5-9-29(31)30-10-6-8-12-32(30)33;1-5-13(18)22-9-17(10-23-14(19)6-2,11-24-15(20)7-3)12-25-16(21)8-4/h7-12H,1-6,13-32H2;7-11H,1-5,12-29H2,6H3;3-20H,1-2,21-22H2;5-8H,1-4,9-12H2. The number of ketones is 13. The van der Waals surface area contributed by atoms with E-state index in [1.54, 1.807) is 0 Å².